The van der Waals surface area contributed by atoms with Crippen molar-refractivity contribution in [2.75, 3.05) is 6.54 Å². The van der Waals surface area contributed by atoms with Crippen LogP contribution in [0.25, 0.3) is 0 Å². The highest BCUT2D eigenvalue weighted by molar-refractivity contribution is 6.89. The molecule has 0 aliphatic heterocycles. The van der Waals surface area contributed by atoms with Crippen LogP contribution in [0.4, 0.5) is 0 Å². The Morgan fingerprint density at radius 1 is 0.895 bits per heavy atom. The van der Waals surface area contributed by atoms with Crippen molar-refractivity contribution in [1.82, 2.24) is 4.23 Å². The van der Waals surface area contributed by atoms with Crippen LogP contribution in [-0.2, 0) is 0 Å². The van der Waals surface area contributed by atoms with E-state index < -0.39 is 16.5 Å². The largest absolute Gasteiger partial charge is 0.346 e. The number of unbranched alkanes of at least 4 members (excludes halogenated alkanes) is 3. The number of rotatable bonds is 10. The average Bonchev–Trinajstić information content (AvgIpc) is 2.23. The van der Waals surface area contributed by atoms with Gasteiger partial charge in [-0.05, 0) is 25.8 Å². The second kappa shape index (κ2) is 8.23. The van der Waals surface area contributed by atoms with Crippen molar-refractivity contribution < 1.29 is 0 Å². The summed E-state index contributed by atoms with van der Waals surface area (Å²) in [5.41, 5.74) is 1.19. The van der Waals surface area contributed by atoms with Crippen LogP contribution in [0, 0.1) is 0 Å². The highest BCUT2D eigenvalue weighted by atomic mass is 28.4. The van der Waals surface area contributed by atoms with Gasteiger partial charge in [0.05, 0.1) is 0 Å². The van der Waals surface area contributed by atoms with Crippen LogP contribution in [0.15, 0.2) is 24.8 Å². The van der Waals surface area contributed by atoms with Gasteiger partial charge in [0.15, 0.2) is 0 Å². The maximum Gasteiger partial charge on any atom is 0.112 e. The van der Waals surface area contributed by atoms with E-state index in [-0.39, 0.29) is 0 Å². The van der Waals surface area contributed by atoms with Gasteiger partial charge >= 0.3 is 0 Å². The number of allylic oxidation sites excluding steroid dienone is 2. The molecule has 112 valence electrons. The molecule has 0 unspecified atom stereocenters. The van der Waals surface area contributed by atoms with Crippen molar-refractivity contribution in [2.45, 2.75) is 71.4 Å². The number of hydrogen-bond acceptors (Lipinski definition) is 1. The Morgan fingerprint density at radius 3 is 1.79 bits per heavy atom. The summed E-state index contributed by atoms with van der Waals surface area (Å²) in [4.78, 5) is 0. The summed E-state index contributed by atoms with van der Waals surface area (Å²) in [6, 6.07) is 0. The van der Waals surface area contributed by atoms with Crippen LogP contribution in [0.3, 0.4) is 0 Å². The molecule has 0 heterocycles. The standard InChI is InChI=1S/C16H35NSi2/c1-9-16(2)14-12-10-11-13-15-17(18(3,4)5)19(6,7)8/h9H,1-2,10-15H2,3-8H3. The van der Waals surface area contributed by atoms with Crippen molar-refractivity contribution >= 4 is 16.5 Å². The second-order valence-electron chi connectivity index (χ2n) is 7.52. The molecule has 0 rings (SSSR count). The fraction of sp³-hybridized carbons (Fsp3) is 0.750. The molecule has 0 saturated carbocycles. The van der Waals surface area contributed by atoms with E-state index in [0.29, 0.717) is 0 Å². The third-order valence-corrected chi connectivity index (χ3v) is 11.2. The molecular weight excluding hydrogens is 262 g/mol. The van der Waals surface area contributed by atoms with Gasteiger partial charge in [0.2, 0.25) is 0 Å². The molecule has 0 radical (unpaired) electrons. The first kappa shape index (κ1) is 18.9. The van der Waals surface area contributed by atoms with Crippen LogP contribution in [0.1, 0.15) is 32.1 Å². The Kier molecular flexibility index (Phi) is 8.17. The molecule has 0 spiro atoms. The molecule has 0 aliphatic carbocycles. The van der Waals surface area contributed by atoms with Crippen molar-refractivity contribution in [3.05, 3.63) is 24.8 Å². The molecule has 0 aromatic rings. The van der Waals surface area contributed by atoms with Gasteiger partial charge in [0, 0.05) is 0 Å². The zero-order valence-electron chi connectivity index (χ0n) is 14.2. The lowest BCUT2D eigenvalue weighted by molar-refractivity contribution is 0.541. The van der Waals surface area contributed by atoms with Crippen LogP contribution in [0.2, 0.25) is 39.3 Å². The summed E-state index contributed by atoms with van der Waals surface area (Å²) < 4.78 is 2.89. The van der Waals surface area contributed by atoms with Gasteiger partial charge in [0.25, 0.3) is 0 Å². The smallest absolute Gasteiger partial charge is 0.112 e. The van der Waals surface area contributed by atoms with Crippen molar-refractivity contribution in [1.29, 1.82) is 0 Å². The van der Waals surface area contributed by atoms with E-state index in [1.165, 1.54) is 37.8 Å². The first-order chi connectivity index (χ1) is 8.59. The predicted molar refractivity (Wildman–Crippen MR) is 95.8 cm³/mol. The SMILES string of the molecule is C=CC(=C)CCCCCCN([Si](C)(C)C)[Si](C)(C)C. The molecule has 0 aliphatic rings. The average molecular weight is 298 g/mol. The monoisotopic (exact) mass is 297 g/mol. The number of hydrogen-bond donors (Lipinski definition) is 0. The zero-order valence-corrected chi connectivity index (χ0v) is 16.2. The first-order valence-corrected chi connectivity index (χ1v) is 14.6. The van der Waals surface area contributed by atoms with Gasteiger partial charge in [-0.25, -0.2) is 0 Å². The third kappa shape index (κ3) is 8.61. The summed E-state index contributed by atoms with van der Waals surface area (Å²) in [7, 11) is -2.29. The first-order valence-electron chi connectivity index (χ1n) is 7.67. The topological polar surface area (TPSA) is 3.24 Å². The van der Waals surface area contributed by atoms with Gasteiger partial charge in [-0.3, -0.25) is 0 Å². The third-order valence-electron chi connectivity index (χ3n) is 3.54. The molecule has 19 heavy (non-hydrogen) atoms. The highest BCUT2D eigenvalue weighted by Gasteiger charge is 2.33. The Bertz CT molecular complexity index is 270. The lowest BCUT2D eigenvalue weighted by Gasteiger charge is -2.43. The molecule has 0 aromatic heterocycles. The Morgan fingerprint density at radius 2 is 1.37 bits per heavy atom. The molecule has 3 heteroatoms. The highest BCUT2D eigenvalue weighted by Crippen LogP contribution is 2.21. The van der Waals surface area contributed by atoms with E-state index in [1.807, 2.05) is 6.08 Å². The molecule has 0 fully saturated rings. The zero-order chi connectivity index (χ0) is 15.1. The summed E-state index contributed by atoms with van der Waals surface area (Å²) in [5, 5.41) is 0. The van der Waals surface area contributed by atoms with Crippen LogP contribution >= 0.6 is 0 Å². The Hall–Kier alpha value is -0.126. The van der Waals surface area contributed by atoms with Gasteiger partial charge in [-0.1, -0.05) is 76.9 Å². The minimum atomic E-state index is -1.15. The van der Waals surface area contributed by atoms with E-state index in [1.54, 1.807) is 0 Å². The lowest BCUT2D eigenvalue weighted by Crippen LogP contribution is -2.59. The van der Waals surface area contributed by atoms with Gasteiger partial charge in [0.1, 0.15) is 16.5 Å². The van der Waals surface area contributed by atoms with Gasteiger partial charge in [-0.15, -0.1) is 0 Å². The van der Waals surface area contributed by atoms with Gasteiger partial charge in [-0.2, -0.15) is 0 Å². The fourth-order valence-electron chi connectivity index (χ4n) is 2.75. The Labute approximate surface area is 124 Å². The molecule has 0 atom stereocenters. The summed E-state index contributed by atoms with van der Waals surface area (Å²) in [6.45, 7) is 24.0. The maximum absolute atomic E-state index is 3.97. The molecule has 1 nitrogen and oxygen atoms in total. The molecular formula is C16H35NSi2. The van der Waals surface area contributed by atoms with E-state index >= 15 is 0 Å². The minimum absolute atomic E-state index is 1.12. The number of nitrogens with zero attached hydrogens (tertiary/aromatic N) is 1. The molecule has 0 saturated heterocycles. The lowest BCUT2D eigenvalue weighted by atomic mass is 10.1. The van der Waals surface area contributed by atoms with Crippen LogP contribution < -0.4 is 0 Å². The van der Waals surface area contributed by atoms with Crippen molar-refractivity contribution in [2.24, 2.45) is 0 Å². The molecule has 0 bridgehead atoms. The fourth-order valence-corrected chi connectivity index (χ4v) is 12.5. The second-order valence-corrected chi connectivity index (χ2v) is 17.7. The molecule has 0 aromatic carbocycles. The van der Waals surface area contributed by atoms with Crippen LogP contribution in [0.5, 0.6) is 0 Å². The Balaban J connectivity index is 3.96. The molecule has 0 amide bonds. The van der Waals surface area contributed by atoms with Crippen LogP contribution in [-0.4, -0.2) is 27.2 Å². The summed E-state index contributed by atoms with van der Waals surface area (Å²) in [6.07, 6.45) is 8.32. The van der Waals surface area contributed by atoms with Gasteiger partial charge < -0.3 is 4.23 Å². The quantitative estimate of drug-likeness (QED) is 0.286. The molecule has 0 N–H and O–H groups in total. The summed E-state index contributed by atoms with van der Waals surface area (Å²) >= 11 is 0. The van der Waals surface area contributed by atoms with E-state index in [0.717, 1.165) is 6.42 Å². The summed E-state index contributed by atoms with van der Waals surface area (Å²) in [5.74, 6) is 0. The van der Waals surface area contributed by atoms with Crippen molar-refractivity contribution in [3.63, 3.8) is 0 Å². The van der Waals surface area contributed by atoms with Crippen molar-refractivity contribution in [3.8, 4) is 0 Å². The normalized spacial score (nSPS) is 12.8. The minimum Gasteiger partial charge on any atom is -0.346 e. The van der Waals surface area contributed by atoms with E-state index in [4.69, 9.17) is 0 Å². The van der Waals surface area contributed by atoms with E-state index in [9.17, 15) is 0 Å². The van der Waals surface area contributed by atoms with E-state index in [2.05, 4.69) is 56.7 Å². The predicted octanol–water partition coefficient (Wildman–Crippen LogP) is 5.65. The maximum atomic E-state index is 3.97.